The Labute approximate surface area is 163 Å². The Kier molecular flexibility index (Phi) is 6.20. The molecule has 1 aliphatic heterocycles. The summed E-state index contributed by atoms with van der Waals surface area (Å²) in [5, 5.41) is 12.6. The van der Waals surface area contributed by atoms with Gasteiger partial charge in [0, 0.05) is 44.4 Å². The van der Waals surface area contributed by atoms with Crippen molar-refractivity contribution in [2.75, 3.05) is 18.0 Å². The van der Waals surface area contributed by atoms with Crippen LogP contribution in [0.3, 0.4) is 0 Å². The summed E-state index contributed by atoms with van der Waals surface area (Å²) in [4.78, 5) is 30.6. The van der Waals surface area contributed by atoms with Gasteiger partial charge in [-0.1, -0.05) is 32.1 Å². The molecule has 8 nitrogen and oxygen atoms in total. The van der Waals surface area contributed by atoms with Crippen molar-refractivity contribution in [3.8, 4) is 0 Å². The molecule has 3 rings (SSSR count). The second kappa shape index (κ2) is 8.60. The number of aromatic nitrogens is 4. The topological polar surface area (TPSA) is 93.0 Å². The van der Waals surface area contributed by atoms with Crippen LogP contribution in [0.25, 0.3) is 0 Å². The lowest BCUT2D eigenvalue weighted by Gasteiger charge is -2.13. The summed E-state index contributed by atoms with van der Waals surface area (Å²) < 4.78 is 2.12. The summed E-state index contributed by atoms with van der Waals surface area (Å²) in [6.07, 6.45) is 5.62. The average molecular weight is 391 g/mol. The molecular formula is C18H26N6O2S. The van der Waals surface area contributed by atoms with E-state index in [2.05, 4.69) is 38.9 Å². The van der Waals surface area contributed by atoms with Gasteiger partial charge in [0.25, 0.3) is 0 Å². The zero-order valence-electron chi connectivity index (χ0n) is 16.0. The Morgan fingerprint density at radius 3 is 2.93 bits per heavy atom. The lowest BCUT2D eigenvalue weighted by molar-refractivity contribution is -0.126. The number of nitrogens with one attached hydrogen (secondary N) is 1. The highest BCUT2D eigenvalue weighted by Gasteiger charge is 2.36. The second-order valence-corrected chi connectivity index (χ2v) is 8.06. The number of nitrogens with zero attached hydrogens (tertiary/aromatic N) is 5. The van der Waals surface area contributed by atoms with Gasteiger partial charge in [-0.05, 0) is 12.8 Å². The number of carbonyl (C=O) groups is 2. The van der Waals surface area contributed by atoms with Gasteiger partial charge in [0.15, 0.2) is 0 Å². The molecule has 1 unspecified atom stereocenters. The van der Waals surface area contributed by atoms with Crippen LogP contribution < -0.4 is 10.2 Å². The molecule has 27 heavy (non-hydrogen) atoms. The minimum atomic E-state index is -0.328. The van der Waals surface area contributed by atoms with Gasteiger partial charge in [-0.3, -0.25) is 14.5 Å². The molecule has 0 aliphatic carbocycles. The highest BCUT2D eigenvalue weighted by molar-refractivity contribution is 7.15. The van der Waals surface area contributed by atoms with Crippen LogP contribution in [0.2, 0.25) is 0 Å². The summed E-state index contributed by atoms with van der Waals surface area (Å²) in [6, 6.07) is 0. The van der Waals surface area contributed by atoms with Crippen molar-refractivity contribution in [1.82, 2.24) is 25.1 Å². The maximum Gasteiger partial charge on any atom is 0.229 e. The lowest BCUT2D eigenvalue weighted by atomic mass is 10.1. The van der Waals surface area contributed by atoms with E-state index in [1.165, 1.54) is 11.3 Å². The summed E-state index contributed by atoms with van der Waals surface area (Å²) in [5.41, 5.74) is 0. The molecular weight excluding hydrogens is 364 g/mol. The summed E-state index contributed by atoms with van der Waals surface area (Å²) in [5.74, 6) is 0.973. The molecule has 2 amide bonds. The van der Waals surface area contributed by atoms with Crippen molar-refractivity contribution in [1.29, 1.82) is 0 Å². The van der Waals surface area contributed by atoms with Gasteiger partial charge >= 0.3 is 0 Å². The first-order chi connectivity index (χ1) is 13.0. The molecule has 146 valence electrons. The number of rotatable bonds is 8. The van der Waals surface area contributed by atoms with Crippen LogP contribution >= 0.6 is 11.3 Å². The number of amides is 2. The molecule has 1 aliphatic rings. The van der Waals surface area contributed by atoms with Gasteiger partial charge < -0.3 is 9.88 Å². The summed E-state index contributed by atoms with van der Waals surface area (Å²) in [6.45, 7) is 8.00. The molecule has 2 aromatic rings. The van der Waals surface area contributed by atoms with Crippen LogP contribution in [0.5, 0.6) is 0 Å². The van der Waals surface area contributed by atoms with Gasteiger partial charge in [0.05, 0.1) is 5.92 Å². The first kappa shape index (κ1) is 19.5. The van der Waals surface area contributed by atoms with Crippen molar-refractivity contribution in [3.05, 3.63) is 23.2 Å². The van der Waals surface area contributed by atoms with Crippen LogP contribution in [0.1, 0.15) is 50.4 Å². The van der Waals surface area contributed by atoms with E-state index in [1.54, 1.807) is 4.90 Å². The van der Waals surface area contributed by atoms with E-state index in [4.69, 9.17) is 0 Å². The minimum Gasteiger partial charge on any atom is -0.356 e. The van der Waals surface area contributed by atoms with Gasteiger partial charge in [-0.15, -0.1) is 10.2 Å². The normalized spacial score (nSPS) is 17.1. The number of imidazole rings is 1. The van der Waals surface area contributed by atoms with E-state index in [-0.39, 0.29) is 24.2 Å². The van der Waals surface area contributed by atoms with Crippen LogP contribution in [0.4, 0.5) is 5.13 Å². The predicted molar refractivity (Wildman–Crippen MR) is 104 cm³/mol. The van der Waals surface area contributed by atoms with Crippen molar-refractivity contribution in [3.63, 3.8) is 0 Å². The van der Waals surface area contributed by atoms with E-state index < -0.39 is 0 Å². The van der Waals surface area contributed by atoms with Gasteiger partial charge in [0.2, 0.25) is 16.9 Å². The fourth-order valence-corrected chi connectivity index (χ4v) is 3.99. The monoisotopic (exact) mass is 390 g/mol. The highest BCUT2D eigenvalue weighted by atomic mass is 32.1. The number of hydrogen-bond donors (Lipinski definition) is 1. The van der Waals surface area contributed by atoms with Crippen molar-refractivity contribution >= 4 is 28.3 Å². The van der Waals surface area contributed by atoms with Gasteiger partial charge in [0.1, 0.15) is 10.8 Å². The Morgan fingerprint density at radius 2 is 2.22 bits per heavy atom. The lowest BCUT2D eigenvalue weighted by Crippen LogP contribution is -2.33. The predicted octanol–water partition coefficient (Wildman–Crippen LogP) is 1.98. The molecule has 0 aromatic carbocycles. The van der Waals surface area contributed by atoms with E-state index in [0.29, 0.717) is 24.1 Å². The Hall–Kier alpha value is -2.29. The number of anilines is 1. The summed E-state index contributed by atoms with van der Waals surface area (Å²) >= 11 is 1.41. The molecule has 0 radical (unpaired) electrons. The maximum atomic E-state index is 12.4. The van der Waals surface area contributed by atoms with E-state index in [0.717, 1.165) is 30.2 Å². The minimum absolute atomic E-state index is 0.0612. The first-order valence-electron chi connectivity index (χ1n) is 9.41. The fourth-order valence-electron chi connectivity index (χ4n) is 3.18. The molecule has 2 aromatic heterocycles. The van der Waals surface area contributed by atoms with Crippen LogP contribution in [-0.2, 0) is 22.6 Å². The molecule has 9 heteroatoms. The molecule has 1 saturated heterocycles. The number of aryl methyl sites for hydroxylation is 2. The summed E-state index contributed by atoms with van der Waals surface area (Å²) in [7, 11) is 0. The molecule has 1 fully saturated rings. The molecule has 3 heterocycles. The fraction of sp³-hybridized carbons (Fsp3) is 0.611. The first-order valence-corrected chi connectivity index (χ1v) is 10.2. The second-order valence-electron chi connectivity index (χ2n) is 7.02. The van der Waals surface area contributed by atoms with Crippen LogP contribution in [0, 0.1) is 5.92 Å². The molecule has 1 N–H and O–H groups in total. The van der Waals surface area contributed by atoms with Crippen LogP contribution in [0.15, 0.2) is 12.4 Å². The largest absolute Gasteiger partial charge is 0.356 e. The van der Waals surface area contributed by atoms with Gasteiger partial charge in [-0.25, -0.2) is 4.98 Å². The molecule has 0 spiro atoms. The third-order valence-electron chi connectivity index (χ3n) is 4.62. The quantitative estimate of drug-likeness (QED) is 0.696. The Morgan fingerprint density at radius 1 is 1.41 bits per heavy atom. The standard InChI is InChI=1S/C18H26N6O2S/c1-4-14-21-22-18(27-14)24-11-13(10-15(24)25)17(26)20-6-5-8-23-9-7-19-16(23)12(2)3/h7,9,12-13H,4-6,8,10-11H2,1-3H3,(H,20,26). The Bertz CT molecular complexity index is 799. The van der Waals surface area contributed by atoms with Crippen molar-refractivity contribution in [2.45, 2.75) is 52.5 Å². The smallest absolute Gasteiger partial charge is 0.229 e. The Balaban J connectivity index is 1.46. The third-order valence-corrected chi connectivity index (χ3v) is 5.72. The van der Waals surface area contributed by atoms with E-state index in [9.17, 15) is 9.59 Å². The maximum absolute atomic E-state index is 12.4. The van der Waals surface area contributed by atoms with Crippen molar-refractivity contribution < 1.29 is 9.59 Å². The zero-order chi connectivity index (χ0) is 19.4. The SMILES string of the molecule is CCc1nnc(N2CC(C(=O)NCCCn3ccnc3C(C)C)CC2=O)s1. The third kappa shape index (κ3) is 4.52. The van der Waals surface area contributed by atoms with E-state index >= 15 is 0 Å². The van der Waals surface area contributed by atoms with E-state index in [1.807, 2.05) is 19.3 Å². The molecule has 1 atom stereocenters. The number of carbonyl (C=O) groups excluding carboxylic acids is 2. The highest BCUT2D eigenvalue weighted by Crippen LogP contribution is 2.28. The van der Waals surface area contributed by atoms with Gasteiger partial charge in [-0.2, -0.15) is 0 Å². The molecule has 0 bridgehead atoms. The van der Waals surface area contributed by atoms with Crippen molar-refractivity contribution in [2.24, 2.45) is 5.92 Å². The number of hydrogen-bond acceptors (Lipinski definition) is 6. The van der Waals surface area contributed by atoms with Crippen LogP contribution in [-0.4, -0.2) is 44.7 Å². The average Bonchev–Trinajstić information content (AvgIpc) is 3.37. The molecule has 0 saturated carbocycles. The zero-order valence-corrected chi connectivity index (χ0v) is 16.8.